The van der Waals surface area contributed by atoms with Crippen LogP contribution in [0.15, 0.2) is 0 Å². The fourth-order valence-electron chi connectivity index (χ4n) is 1.78. The van der Waals surface area contributed by atoms with Crippen molar-refractivity contribution in [1.82, 2.24) is 0 Å². The molecule has 90 valence electrons. The summed E-state index contributed by atoms with van der Waals surface area (Å²) in [5.41, 5.74) is 0. The number of rotatable bonds is 5. The van der Waals surface area contributed by atoms with Crippen molar-refractivity contribution in [2.75, 3.05) is 0 Å². The zero-order valence-corrected chi connectivity index (χ0v) is 11.8. The third kappa shape index (κ3) is 7.48. The molecule has 0 heterocycles. The lowest BCUT2D eigenvalue weighted by molar-refractivity contribution is 0.205. The van der Waals surface area contributed by atoms with E-state index in [-0.39, 0.29) is 0 Å². The molecular formula is C15H30. The second-order valence-electron chi connectivity index (χ2n) is 4.78. The molecule has 4 atom stereocenters. The lowest BCUT2D eigenvalue weighted by Gasteiger charge is -2.29. The maximum Gasteiger partial charge on any atom is -0.00297 e. The van der Waals surface area contributed by atoms with Gasteiger partial charge < -0.3 is 0 Å². The highest BCUT2D eigenvalue weighted by Gasteiger charge is 2.21. The summed E-state index contributed by atoms with van der Waals surface area (Å²) in [5, 5.41) is 0. The molecule has 15 heavy (non-hydrogen) atoms. The van der Waals surface area contributed by atoms with Gasteiger partial charge in [-0.05, 0) is 30.6 Å². The summed E-state index contributed by atoms with van der Waals surface area (Å²) in [5.74, 6) is 5.78. The smallest absolute Gasteiger partial charge is 0.00297 e. The van der Waals surface area contributed by atoms with Gasteiger partial charge in [0.25, 0.3) is 0 Å². The summed E-state index contributed by atoms with van der Waals surface area (Å²) >= 11 is 0. The van der Waals surface area contributed by atoms with Gasteiger partial charge in [0.1, 0.15) is 0 Å². The van der Waals surface area contributed by atoms with Crippen LogP contribution in [-0.4, -0.2) is 0 Å². The van der Waals surface area contributed by atoms with Crippen LogP contribution in [0.4, 0.5) is 0 Å². The summed E-state index contributed by atoms with van der Waals surface area (Å²) in [6.45, 7) is 15.8. The molecule has 0 radical (unpaired) electrons. The Morgan fingerprint density at radius 1 is 0.867 bits per heavy atom. The van der Waals surface area contributed by atoms with Crippen molar-refractivity contribution in [1.29, 1.82) is 0 Å². The molecule has 0 aromatic rings. The van der Waals surface area contributed by atoms with Crippen molar-refractivity contribution in [3.63, 3.8) is 0 Å². The molecule has 0 aliphatic heterocycles. The van der Waals surface area contributed by atoms with Crippen LogP contribution >= 0.6 is 0 Å². The first-order valence-corrected chi connectivity index (χ1v) is 6.33. The molecule has 0 aromatic carbocycles. The molecule has 0 nitrogen and oxygen atoms in total. The predicted octanol–water partition coefficient (Wildman–Crippen LogP) is 4.99. The van der Waals surface area contributed by atoms with E-state index in [1.807, 2.05) is 0 Å². The quantitative estimate of drug-likeness (QED) is 0.561. The molecule has 4 unspecified atom stereocenters. The van der Waals surface area contributed by atoms with E-state index < -0.39 is 0 Å². The minimum absolute atomic E-state index is 0.880. The molecule has 0 aliphatic rings. The van der Waals surface area contributed by atoms with Crippen LogP contribution in [0.25, 0.3) is 0 Å². The fourth-order valence-corrected chi connectivity index (χ4v) is 1.78. The number of hydrogen-bond donors (Lipinski definition) is 0. The first-order chi connectivity index (χ1) is 6.95. The van der Waals surface area contributed by atoms with Gasteiger partial charge in [0.15, 0.2) is 0 Å². The second kappa shape index (κ2) is 10.1. The standard InChI is InChI=1S/C12H26.C3H4/c1-7-9(3)11(5)12(6)10(4)8-2;1-3-2/h9-12H,7-8H2,1-6H3;1H,2H3. The Morgan fingerprint density at radius 2 is 1.07 bits per heavy atom. The summed E-state index contributed by atoms with van der Waals surface area (Å²) in [6, 6.07) is 0. The van der Waals surface area contributed by atoms with Gasteiger partial charge in [-0.3, -0.25) is 0 Å². The Bertz CT molecular complexity index is 149. The third-order valence-corrected chi connectivity index (χ3v) is 3.91. The molecule has 0 N–H and O–H groups in total. The third-order valence-electron chi connectivity index (χ3n) is 3.91. The summed E-state index contributed by atoms with van der Waals surface area (Å²) in [4.78, 5) is 0. The van der Waals surface area contributed by atoms with Crippen molar-refractivity contribution in [3.05, 3.63) is 0 Å². The van der Waals surface area contributed by atoms with Crippen LogP contribution in [0.3, 0.4) is 0 Å². The fraction of sp³-hybridized carbons (Fsp3) is 0.867. The van der Waals surface area contributed by atoms with Crippen molar-refractivity contribution in [3.8, 4) is 12.3 Å². The first-order valence-electron chi connectivity index (χ1n) is 6.33. The van der Waals surface area contributed by atoms with Gasteiger partial charge in [0.2, 0.25) is 0 Å². The molecule has 0 spiro atoms. The average molecular weight is 210 g/mol. The molecule has 0 amide bonds. The minimum atomic E-state index is 0.880. The Hall–Kier alpha value is -0.440. The van der Waals surface area contributed by atoms with E-state index in [2.05, 4.69) is 53.9 Å². The van der Waals surface area contributed by atoms with E-state index >= 15 is 0 Å². The lowest BCUT2D eigenvalue weighted by Crippen LogP contribution is -2.21. The van der Waals surface area contributed by atoms with Crippen LogP contribution in [-0.2, 0) is 0 Å². The van der Waals surface area contributed by atoms with Crippen LogP contribution in [0.2, 0.25) is 0 Å². The zero-order chi connectivity index (χ0) is 12.4. The minimum Gasteiger partial charge on any atom is -0.120 e. The highest BCUT2D eigenvalue weighted by Crippen LogP contribution is 2.29. The van der Waals surface area contributed by atoms with E-state index in [1.54, 1.807) is 6.92 Å². The van der Waals surface area contributed by atoms with Gasteiger partial charge >= 0.3 is 0 Å². The van der Waals surface area contributed by atoms with Gasteiger partial charge in [0, 0.05) is 0 Å². The Labute approximate surface area is 97.9 Å². The molecular weight excluding hydrogens is 180 g/mol. The molecule has 0 aromatic heterocycles. The maximum atomic E-state index is 4.60. The Balaban J connectivity index is 0. The van der Waals surface area contributed by atoms with E-state index in [0.717, 1.165) is 23.7 Å². The first kappa shape index (κ1) is 17.0. The topological polar surface area (TPSA) is 0 Å². The predicted molar refractivity (Wildman–Crippen MR) is 71.7 cm³/mol. The summed E-state index contributed by atoms with van der Waals surface area (Å²) < 4.78 is 0. The molecule has 0 heteroatoms. The highest BCUT2D eigenvalue weighted by molar-refractivity contribution is 4.73. The van der Waals surface area contributed by atoms with E-state index in [1.165, 1.54) is 12.8 Å². The summed E-state index contributed by atoms with van der Waals surface area (Å²) in [6.07, 6.45) is 7.24. The Kier molecular flexibility index (Phi) is 11.4. The van der Waals surface area contributed by atoms with E-state index in [9.17, 15) is 0 Å². The molecule has 0 fully saturated rings. The molecule has 0 aliphatic carbocycles. The normalized spacial score (nSPS) is 17.7. The summed E-state index contributed by atoms with van der Waals surface area (Å²) in [7, 11) is 0. The Morgan fingerprint density at radius 3 is 1.20 bits per heavy atom. The molecule has 0 rings (SSSR count). The van der Waals surface area contributed by atoms with Gasteiger partial charge in [-0.25, -0.2) is 0 Å². The van der Waals surface area contributed by atoms with E-state index in [0.29, 0.717) is 0 Å². The number of hydrogen-bond acceptors (Lipinski definition) is 0. The van der Waals surface area contributed by atoms with Crippen molar-refractivity contribution in [2.45, 2.75) is 61.3 Å². The monoisotopic (exact) mass is 210 g/mol. The molecule has 0 bridgehead atoms. The SMILES string of the molecule is C#CC.CCC(C)C(C)C(C)C(C)CC. The second-order valence-corrected chi connectivity index (χ2v) is 4.78. The maximum absolute atomic E-state index is 4.60. The van der Waals surface area contributed by atoms with Crippen molar-refractivity contribution >= 4 is 0 Å². The lowest BCUT2D eigenvalue weighted by atomic mass is 9.77. The van der Waals surface area contributed by atoms with Gasteiger partial charge in [0.05, 0.1) is 0 Å². The van der Waals surface area contributed by atoms with Crippen molar-refractivity contribution < 1.29 is 0 Å². The van der Waals surface area contributed by atoms with Gasteiger partial charge in [-0.1, -0.05) is 54.4 Å². The molecule has 0 saturated carbocycles. The molecule has 0 saturated heterocycles. The van der Waals surface area contributed by atoms with Crippen LogP contribution in [0.1, 0.15) is 61.3 Å². The van der Waals surface area contributed by atoms with Crippen molar-refractivity contribution in [2.24, 2.45) is 23.7 Å². The van der Waals surface area contributed by atoms with Crippen LogP contribution in [0.5, 0.6) is 0 Å². The van der Waals surface area contributed by atoms with Crippen LogP contribution < -0.4 is 0 Å². The number of terminal acetylenes is 1. The largest absolute Gasteiger partial charge is 0.120 e. The van der Waals surface area contributed by atoms with Gasteiger partial charge in [-0.15, -0.1) is 12.3 Å². The highest BCUT2D eigenvalue weighted by atomic mass is 14.3. The zero-order valence-electron chi connectivity index (χ0n) is 11.8. The average Bonchev–Trinajstić information content (AvgIpc) is 2.25. The van der Waals surface area contributed by atoms with E-state index in [4.69, 9.17) is 0 Å². The van der Waals surface area contributed by atoms with Gasteiger partial charge in [-0.2, -0.15) is 0 Å². The van der Waals surface area contributed by atoms with Crippen LogP contribution in [0, 0.1) is 36.0 Å².